The molecule has 1 aliphatic carbocycles. The van der Waals surface area contributed by atoms with Gasteiger partial charge in [-0.3, -0.25) is 4.79 Å². The summed E-state index contributed by atoms with van der Waals surface area (Å²) in [6.07, 6.45) is 3.20. The van der Waals surface area contributed by atoms with Crippen LogP contribution in [0, 0.1) is 0 Å². The summed E-state index contributed by atoms with van der Waals surface area (Å²) in [4.78, 5) is 12.5. The van der Waals surface area contributed by atoms with E-state index in [1.54, 1.807) is 6.07 Å². The number of sulfonamides is 1. The Kier molecular flexibility index (Phi) is 3.88. The molecule has 2 heterocycles. The normalized spacial score (nSPS) is 23.9. The van der Waals surface area contributed by atoms with Gasteiger partial charge in [0.25, 0.3) is 0 Å². The summed E-state index contributed by atoms with van der Waals surface area (Å²) in [6.45, 7) is 1.21. The van der Waals surface area contributed by atoms with E-state index in [9.17, 15) is 13.2 Å². The number of carbonyl (C=O) groups excluding carboxylic acids is 1. The molecule has 1 N–H and O–H groups in total. The molecule has 1 saturated heterocycles. The van der Waals surface area contributed by atoms with Crippen molar-refractivity contribution in [2.45, 2.75) is 42.7 Å². The van der Waals surface area contributed by atoms with Gasteiger partial charge in [-0.1, -0.05) is 0 Å². The van der Waals surface area contributed by atoms with E-state index in [2.05, 4.69) is 5.32 Å². The van der Waals surface area contributed by atoms with Crippen LogP contribution < -0.4 is 14.8 Å². The Bertz CT molecular complexity index is 760. The van der Waals surface area contributed by atoms with Gasteiger partial charge in [-0.15, -0.1) is 0 Å². The van der Waals surface area contributed by atoms with Crippen LogP contribution in [0.25, 0.3) is 0 Å². The molecule has 0 aromatic heterocycles. The predicted octanol–water partition coefficient (Wildman–Crippen LogP) is 0.889. The molecule has 0 bridgehead atoms. The number of carbonyl (C=O) groups is 1. The van der Waals surface area contributed by atoms with Crippen LogP contribution in [0.15, 0.2) is 23.1 Å². The molecule has 2 aliphatic heterocycles. The van der Waals surface area contributed by atoms with Crippen LogP contribution >= 0.6 is 0 Å². The molecule has 0 radical (unpaired) electrons. The highest BCUT2D eigenvalue weighted by atomic mass is 32.2. The first-order chi connectivity index (χ1) is 11.6. The minimum Gasteiger partial charge on any atom is -0.486 e. The van der Waals surface area contributed by atoms with E-state index in [1.807, 2.05) is 0 Å². The van der Waals surface area contributed by atoms with Crippen molar-refractivity contribution in [1.29, 1.82) is 0 Å². The molecule has 1 amide bonds. The lowest BCUT2D eigenvalue weighted by atomic mass is 10.2. The van der Waals surface area contributed by atoms with Gasteiger partial charge in [0.15, 0.2) is 11.5 Å². The van der Waals surface area contributed by atoms with Gasteiger partial charge in [0.2, 0.25) is 15.9 Å². The third kappa shape index (κ3) is 2.84. The van der Waals surface area contributed by atoms with Crippen molar-refractivity contribution in [3.8, 4) is 11.5 Å². The quantitative estimate of drug-likeness (QED) is 0.870. The van der Waals surface area contributed by atoms with Crippen molar-refractivity contribution in [3.05, 3.63) is 18.2 Å². The molecule has 0 spiro atoms. The molecule has 24 heavy (non-hydrogen) atoms. The summed E-state index contributed by atoms with van der Waals surface area (Å²) in [7, 11) is -3.74. The molecule has 7 nitrogen and oxygen atoms in total. The standard InChI is InChI=1S/C16H20N2O5S/c19-16(17-11-3-4-11)13-2-1-7-18(13)24(20,21)12-5-6-14-15(10-12)23-9-8-22-14/h5-6,10-11,13H,1-4,7-9H2,(H,17,19)/t13-/m0/s1. The summed E-state index contributed by atoms with van der Waals surface area (Å²) in [5.74, 6) is 0.793. The molecular formula is C16H20N2O5S. The summed E-state index contributed by atoms with van der Waals surface area (Å²) in [6, 6.07) is 4.20. The Balaban J connectivity index is 1.60. The molecule has 0 unspecified atom stereocenters. The van der Waals surface area contributed by atoms with Crippen LogP contribution in [0.3, 0.4) is 0 Å². The van der Waals surface area contributed by atoms with Gasteiger partial charge >= 0.3 is 0 Å². The number of hydrogen-bond donors (Lipinski definition) is 1. The Labute approximate surface area is 141 Å². The van der Waals surface area contributed by atoms with E-state index in [0.29, 0.717) is 44.1 Å². The van der Waals surface area contributed by atoms with Gasteiger partial charge in [-0.05, 0) is 37.8 Å². The maximum absolute atomic E-state index is 13.0. The average molecular weight is 352 g/mol. The van der Waals surface area contributed by atoms with Crippen LogP contribution in [0.5, 0.6) is 11.5 Å². The number of nitrogens with zero attached hydrogens (tertiary/aromatic N) is 1. The topological polar surface area (TPSA) is 84.9 Å². The first kappa shape index (κ1) is 15.7. The predicted molar refractivity (Wildman–Crippen MR) is 85.5 cm³/mol. The lowest BCUT2D eigenvalue weighted by Crippen LogP contribution is -2.46. The fourth-order valence-electron chi connectivity index (χ4n) is 3.13. The maximum Gasteiger partial charge on any atom is 0.243 e. The van der Waals surface area contributed by atoms with Crippen LogP contribution in [0.1, 0.15) is 25.7 Å². The third-order valence-electron chi connectivity index (χ3n) is 4.55. The van der Waals surface area contributed by atoms with Crippen molar-refractivity contribution >= 4 is 15.9 Å². The number of benzene rings is 1. The number of amides is 1. The van der Waals surface area contributed by atoms with E-state index in [4.69, 9.17) is 9.47 Å². The van der Waals surface area contributed by atoms with Crippen molar-refractivity contribution in [2.24, 2.45) is 0 Å². The highest BCUT2D eigenvalue weighted by molar-refractivity contribution is 7.89. The minimum atomic E-state index is -3.74. The zero-order valence-electron chi connectivity index (χ0n) is 13.2. The Morgan fingerprint density at radius 3 is 2.62 bits per heavy atom. The summed E-state index contributed by atoms with van der Waals surface area (Å²) in [5.41, 5.74) is 0. The third-order valence-corrected chi connectivity index (χ3v) is 6.45. The second-order valence-corrected chi connectivity index (χ2v) is 8.25. The Morgan fingerprint density at radius 1 is 1.12 bits per heavy atom. The van der Waals surface area contributed by atoms with Crippen LogP contribution in [0.4, 0.5) is 0 Å². The smallest absolute Gasteiger partial charge is 0.243 e. The highest BCUT2D eigenvalue weighted by Crippen LogP contribution is 2.35. The van der Waals surface area contributed by atoms with Gasteiger partial charge in [0, 0.05) is 18.7 Å². The molecule has 3 aliphatic rings. The Morgan fingerprint density at radius 2 is 1.88 bits per heavy atom. The molecule has 2 fully saturated rings. The number of nitrogens with one attached hydrogen (secondary N) is 1. The van der Waals surface area contributed by atoms with Gasteiger partial charge in [0.05, 0.1) is 4.90 Å². The summed E-state index contributed by atoms with van der Waals surface area (Å²) in [5, 5.41) is 2.91. The second kappa shape index (κ2) is 5.93. The van der Waals surface area contributed by atoms with Gasteiger partial charge in [0.1, 0.15) is 19.3 Å². The molecule has 130 valence electrons. The largest absolute Gasteiger partial charge is 0.486 e. The zero-order chi connectivity index (χ0) is 16.7. The molecular weight excluding hydrogens is 332 g/mol. The molecule has 1 atom stereocenters. The van der Waals surface area contributed by atoms with Crippen molar-refractivity contribution in [1.82, 2.24) is 9.62 Å². The minimum absolute atomic E-state index is 0.137. The number of fused-ring (bicyclic) bond motifs is 1. The zero-order valence-corrected chi connectivity index (χ0v) is 14.0. The van der Waals surface area contributed by atoms with Gasteiger partial charge in [-0.2, -0.15) is 4.31 Å². The summed E-state index contributed by atoms with van der Waals surface area (Å²) >= 11 is 0. The second-order valence-electron chi connectivity index (χ2n) is 6.36. The number of hydrogen-bond acceptors (Lipinski definition) is 5. The van der Waals surface area contributed by atoms with E-state index in [-0.39, 0.29) is 16.8 Å². The van der Waals surface area contributed by atoms with Crippen LogP contribution in [0.2, 0.25) is 0 Å². The van der Waals surface area contributed by atoms with E-state index in [0.717, 1.165) is 12.8 Å². The van der Waals surface area contributed by atoms with Gasteiger partial charge < -0.3 is 14.8 Å². The van der Waals surface area contributed by atoms with Crippen LogP contribution in [-0.2, 0) is 14.8 Å². The average Bonchev–Trinajstić information content (AvgIpc) is 3.25. The molecule has 1 aromatic carbocycles. The fraction of sp³-hybridized carbons (Fsp3) is 0.562. The summed E-state index contributed by atoms with van der Waals surface area (Å²) < 4.78 is 38.2. The lowest BCUT2D eigenvalue weighted by Gasteiger charge is -2.24. The van der Waals surface area contributed by atoms with E-state index < -0.39 is 16.1 Å². The van der Waals surface area contributed by atoms with Gasteiger partial charge in [-0.25, -0.2) is 8.42 Å². The van der Waals surface area contributed by atoms with Crippen molar-refractivity contribution in [3.63, 3.8) is 0 Å². The van der Waals surface area contributed by atoms with Crippen LogP contribution in [-0.4, -0.2) is 50.5 Å². The highest BCUT2D eigenvalue weighted by Gasteiger charge is 2.41. The SMILES string of the molecule is O=C(NC1CC1)[C@@H]1CCCN1S(=O)(=O)c1ccc2c(c1)OCCO2. The monoisotopic (exact) mass is 352 g/mol. The molecule has 4 rings (SSSR count). The van der Waals surface area contributed by atoms with E-state index in [1.165, 1.54) is 16.4 Å². The fourth-order valence-corrected chi connectivity index (χ4v) is 4.81. The first-order valence-corrected chi connectivity index (χ1v) is 9.71. The van der Waals surface area contributed by atoms with E-state index >= 15 is 0 Å². The molecule has 1 saturated carbocycles. The number of ether oxygens (including phenoxy) is 2. The van der Waals surface area contributed by atoms with Crippen molar-refractivity contribution in [2.75, 3.05) is 19.8 Å². The number of rotatable bonds is 4. The lowest BCUT2D eigenvalue weighted by molar-refractivity contribution is -0.124. The molecule has 1 aromatic rings. The molecule has 8 heteroatoms. The Hall–Kier alpha value is -1.80. The first-order valence-electron chi connectivity index (χ1n) is 8.27. The van der Waals surface area contributed by atoms with Crippen molar-refractivity contribution < 1.29 is 22.7 Å². The maximum atomic E-state index is 13.0.